The predicted molar refractivity (Wildman–Crippen MR) is 60.3 cm³/mol. The van der Waals surface area contributed by atoms with Crippen molar-refractivity contribution in [3.05, 3.63) is 47.5 Å². The van der Waals surface area contributed by atoms with Crippen LogP contribution in [0.3, 0.4) is 0 Å². The van der Waals surface area contributed by atoms with Gasteiger partial charge in [-0.2, -0.15) is 0 Å². The first-order valence-corrected chi connectivity index (χ1v) is 5.48. The molecule has 1 aliphatic heterocycles. The van der Waals surface area contributed by atoms with Crippen molar-refractivity contribution in [3.8, 4) is 5.69 Å². The summed E-state index contributed by atoms with van der Waals surface area (Å²) in [5.41, 5.74) is 3.86. The molecule has 0 saturated heterocycles. The number of para-hydroxylation sites is 1. The van der Waals surface area contributed by atoms with Crippen LogP contribution in [0.2, 0.25) is 0 Å². The van der Waals surface area contributed by atoms with Crippen molar-refractivity contribution in [3.63, 3.8) is 0 Å². The molecule has 0 N–H and O–H groups in total. The molecule has 0 spiro atoms. The molecular weight excluding hydrogens is 184 g/mol. The lowest BCUT2D eigenvalue weighted by Crippen LogP contribution is -1.98. The molecule has 2 heterocycles. The maximum Gasteiger partial charge on any atom is 0.113 e. The Labute approximate surface area is 89.6 Å². The molecule has 2 nitrogen and oxygen atoms in total. The highest BCUT2D eigenvalue weighted by atomic mass is 15.1. The highest BCUT2D eigenvalue weighted by molar-refractivity contribution is 5.43. The highest BCUT2D eigenvalue weighted by Crippen LogP contribution is 2.23. The van der Waals surface area contributed by atoms with Gasteiger partial charge in [0.25, 0.3) is 0 Å². The lowest BCUT2D eigenvalue weighted by atomic mass is 10.1. The number of aryl methyl sites for hydroxylation is 3. The molecule has 1 aromatic heterocycles. The van der Waals surface area contributed by atoms with E-state index < -0.39 is 0 Å². The average molecular weight is 198 g/mol. The van der Waals surface area contributed by atoms with Crippen molar-refractivity contribution in [2.24, 2.45) is 0 Å². The van der Waals surface area contributed by atoms with E-state index in [4.69, 9.17) is 0 Å². The van der Waals surface area contributed by atoms with Crippen LogP contribution in [-0.4, -0.2) is 9.55 Å². The molecule has 3 rings (SSSR count). The van der Waals surface area contributed by atoms with Gasteiger partial charge in [0, 0.05) is 18.3 Å². The third-order valence-corrected chi connectivity index (χ3v) is 3.00. The third kappa shape index (κ3) is 1.37. The van der Waals surface area contributed by atoms with E-state index in [1.165, 1.54) is 29.9 Å². The van der Waals surface area contributed by atoms with Gasteiger partial charge in [0.1, 0.15) is 5.82 Å². The van der Waals surface area contributed by atoms with Crippen molar-refractivity contribution in [2.45, 2.75) is 26.2 Å². The van der Waals surface area contributed by atoms with Crippen LogP contribution in [0.15, 0.2) is 30.5 Å². The molecule has 1 aliphatic rings. The van der Waals surface area contributed by atoms with Crippen LogP contribution in [0.5, 0.6) is 0 Å². The zero-order chi connectivity index (χ0) is 10.3. The van der Waals surface area contributed by atoms with E-state index in [1.54, 1.807) is 0 Å². The molecule has 2 aromatic rings. The Balaban J connectivity index is 2.26. The van der Waals surface area contributed by atoms with Crippen LogP contribution in [0, 0.1) is 6.92 Å². The Morgan fingerprint density at radius 3 is 3.00 bits per heavy atom. The molecule has 1 aromatic carbocycles. The molecule has 0 unspecified atom stereocenters. The summed E-state index contributed by atoms with van der Waals surface area (Å²) in [5, 5.41) is 0. The van der Waals surface area contributed by atoms with E-state index in [0.29, 0.717) is 0 Å². The second kappa shape index (κ2) is 3.23. The summed E-state index contributed by atoms with van der Waals surface area (Å²) in [4.78, 5) is 4.57. The second-order valence-electron chi connectivity index (χ2n) is 4.15. The van der Waals surface area contributed by atoms with Crippen molar-refractivity contribution in [1.29, 1.82) is 0 Å². The van der Waals surface area contributed by atoms with Gasteiger partial charge in [0.2, 0.25) is 0 Å². The Morgan fingerprint density at radius 2 is 2.07 bits per heavy atom. The molecule has 2 heteroatoms. The fourth-order valence-electron chi connectivity index (χ4n) is 2.33. The lowest BCUT2D eigenvalue weighted by molar-refractivity contribution is 0.789. The molecule has 0 atom stereocenters. The van der Waals surface area contributed by atoms with Crippen molar-refractivity contribution in [1.82, 2.24) is 9.55 Å². The Kier molecular flexibility index (Phi) is 1.88. The summed E-state index contributed by atoms with van der Waals surface area (Å²) in [6.45, 7) is 2.06. The van der Waals surface area contributed by atoms with E-state index in [0.717, 1.165) is 12.1 Å². The van der Waals surface area contributed by atoms with E-state index >= 15 is 0 Å². The minimum Gasteiger partial charge on any atom is -0.303 e. The third-order valence-electron chi connectivity index (χ3n) is 3.00. The van der Waals surface area contributed by atoms with Crippen molar-refractivity contribution >= 4 is 0 Å². The van der Waals surface area contributed by atoms with Crippen LogP contribution in [0.4, 0.5) is 0 Å². The first-order valence-electron chi connectivity index (χ1n) is 5.48. The number of hydrogen-bond acceptors (Lipinski definition) is 1. The summed E-state index contributed by atoms with van der Waals surface area (Å²) in [5.74, 6) is 1.21. The van der Waals surface area contributed by atoms with Crippen LogP contribution in [0.25, 0.3) is 5.69 Å². The summed E-state index contributed by atoms with van der Waals surface area (Å²) < 4.78 is 2.25. The van der Waals surface area contributed by atoms with Crippen molar-refractivity contribution < 1.29 is 0 Å². The molecule has 0 radical (unpaired) electrons. The van der Waals surface area contributed by atoms with Gasteiger partial charge in [-0.05, 0) is 31.4 Å². The fraction of sp³-hybridized carbons (Fsp3) is 0.308. The minimum absolute atomic E-state index is 1.09. The number of nitrogens with zero attached hydrogens (tertiary/aromatic N) is 2. The number of fused-ring (bicyclic) bond motifs is 3. The van der Waals surface area contributed by atoms with Crippen LogP contribution < -0.4 is 0 Å². The molecule has 0 amide bonds. The first-order chi connectivity index (χ1) is 7.34. The molecule has 0 fully saturated rings. The fourth-order valence-corrected chi connectivity index (χ4v) is 2.33. The largest absolute Gasteiger partial charge is 0.303 e. The van der Waals surface area contributed by atoms with Crippen LogP contribution >= 0.6 is 0 Å². The maximum atomic E-state index is 4.57. The molecule has 0 saturated carbocycles. The summed E-state index contributed by atoms with van der Waals surface area (Å²) in [7, 11) is 0. The average Bonchev–Trinajstić information content (AvgIpc) is 2.52. The van der Waals surface area contributed by atoms with Crippen molar-refractivity contribution in [2.75, 3.05) is 0 Å². The number of imidazole rings is 1. The number of rotatable bonds is 0. The Bertz CT molecular complexity index is 497. The highest BCUT2D eigenvalue weighted by Gasteiger charge is 2.14. The van der Waals surface area contributed by atoms with E-state index in [2.05, 4.69) is 46.9 Å². The smallest absolute Gasteiger partial charge is 0.113 e. The summed E-state index contributed by atoms with van der Waals surface area (Å²) in [6.07, 6.45) is 5.59. The molecular formula is C13H14N2. The summed E-state index contributed by atoms with van der Waals surface area (Å²) >= 11 is 0. The SMILES string of the molecule is Cc1cn2c(n1)CCCc1ccccc1-2. The van der Waals surface area contributed by atoms with Crippen LogP contribution in [-0.2, 0) is 12.8 Å². The number of benzene rings is 1. The molecule has 76 valence electrons. The first kappa shape index (κ1) is 8.72. The van der Waals surface area contributed by atoms with E-state index in [-0.39, 0.29) is 0 Å². The van der Waals surface area contributed by atoms with Gasteiger partial charge in [0.15, 0.2) is 0 Å². The lowest BCUT2D eigenvalue weighted by Gasteiger charge is -2.07. The van der Waals surface area contributed by atoms with Gasteiger partial charge >= 0.3 is 0 Å². The predicted octanol–water partition coefficient (Wildman–Crippen LogP) is 2.67. The van der Waals surface area contributed by atoms with Crippen LogP contribution in [0.1, 0.15) is 23.5 Å². The number of aromatic nitrogens is 2. The monoisotopic (exact) mass is 198 g/mol. The standard InChI is InChI=1S/C13H14N2/c1-10-9-15-12-7-3-2-5-11(12)6-4-8-13(15)14-10/h2-3,5,7,9H,4,6,8H2,1H3. The number of hydrogen-bond donors (Lipinski definition) is 0. The van der Waals surface area contributed by atoms with E-state index in [1.807, 2.05) is 0 Å². The Hall–Kier alpha value is -1.57. The van der Waals surface area contributed by atoms with Gasteiger partial charge in [-0.25, -0.2) is 4.98 Å². The topological polar surface area (TPSA) is 17.8 Å². The Morgan fingerprint density at radius 1 is 1.20 bits per heavy atom. The normalized spacial score (nSPS) is 14.2. The molecule has 0 bridgehead atoms. The zero-order valence-corrected chi connectivity index (χ0v) is 8.90. The second-order valence-corrected chi connectivity index (χ2v) is 4.15. The minimum atomic E-state index is 1.09. The van der Waals surface area contributed by atoms with Gasteiger partial charge in [-0.15, -0.1) is 0 Å². The maximum absolute atomic E-state index is 4.57. The van der Waals surface area contributed by atoms with Gasteiger partial charge in [0.05, 0.1) is 5.69 Å². The molecule has 15 heavy (non-hydrogen) atoms. The molecule has 0 aliphatic carbocycles. The van der Waals surface area contributed by atoms with Gasteiger partial charge < -0.3 is 4.57 Å². The van der Waals surface area contributed by atoms with E-state index in [9.17, 15) is 0 Å². The van der Waals surface area contributed by atoms with Gasteiger partial charge in [-0.3, -0.25) is 0 Å². The summed E-state index contributed by atoms with van der Waals surface area (Å²) in [6, 6.07) is 8.63. The van der Waals surface area contributed by atoms with Gasteiger partial charge in [-0.1, -0.05) is 18.2 Å². The zero-order valence-electron chi connectivity index (χ0n) is 8.90. The quantitative estimate of drug-likeness (QED) is 0.636.